The van der Waals surface area contributed by atoms with Gasteiger partial charge in [-0.3, -0.25) is 4.79 Å². The molecule has 0 fully saturated rings. The third kappa shape index (κ3) is 2.55. The van der Waals surface area contributed by atoms with Crippen LogP contribution in [0.4, 0.5) is 22.0 Å². The van der Waals surface area contributed by atoms with Gasteiger partial charge in [-0.15, -0.1) is 0 Å². The van der Waals surface area contributed by atoms with Crippen LogP contribution in [0.5, 0.6) is 0 Å². The number of alkyl halides is 5. The molecule has 1 aromatic rings. The molecule has 1 rings (SSSR count). The largest absolute Gasteiger partial charge is 0.418 e. The van der Waals surface area contributed by atoms with Gasteiger partial charge in [0.1, 0.15) is 0 Å². The van der Waals surface area contributed by atoms with Crippen LogP contribution in [0.15, 0.2) is 15.3 Å². The molecule has 0 unspecified atom stereocenters. The Bertz CT molecular complexity index is 424. The van der Waals surface area contributed by atoms with Crippen molar-refractivity contribution >= 4 is 15.9 Å². The van der Waals surface area contributed by atoms with Crippen LogP contribution in [0, 0.1) is 0 Å². The lowest BCUT2D eigenvalue weighted by Gasteiger charge is -2.11. The van der Waals surface area contributed by atoms with Gasteiger partial charge in [-0.1, -0.05) is 0 Å². The molecule has 0 saturated heterocycles. The molecule has 0 bridgehead atoms. The standard InChI is InChI=1S/C7H3BrF5NO/c8-3-1-2(7(11,12)13)4(5(9)10)14-6(3)15/h1,5H,(H,14,15). The third-order valence-corrected chi connectivity index (χ3v) is 2.14. The number of hydrogen-bond donors (Lipinski definition) is 1. The van der Waals surface area contributed by atoms with E-state index in [1.807, 2.05) is 0 Å². The van der Waals surface area contributed by atoms with E-state index in [1.165, 1.54) is 4.98 Å². The number of H-pyrrole nitrogens is 1. The van der Waals surface area contributed by atoms with Crippen molar-refractivity contribution in [3.05, 3.63) is 32.2 Å². The Labute approximate surface area is 88.2 Å². The van der Waals surface area contributed by atoms with Crippen LogP contribution in [-0.2, 0) is 6.18 Å². The van der Waals surface area contributed by atoms with Gasteiger partial charge in [-0.05, 0) is 22.0 Å². The van der Waals surface area contributed by atoms with Gasteiger partial charge in [0.15, 0.2) is 0 Å². The minimum absolute atomic E-state index is 0.334. The smallest absolute Gasteiger partial charge is 0.320 e. The number of aromatic nitrogens is 1. The van der Waals surface area contributed by atoms with E-state index >= 15 is 0 Å². The highest BCUT2D eigenvalue weighted by atomic mass is 79.9. The SMILES string of the molecule is O=c1[nH]c(C(F)F)c(C(F)(F)F)cc1Br. The molecule has 2 nitrogen and oxygen atoms in total. The van der Waals surface area contributed by atoms with Crippen LogP contribution in [0.25, 0.3) is 0 Å². The first-order valence-corrected chi connectivity index (χ1v) is 4.31. The van der Waals surface area contributed by atoms with Crippen molar-refractivity contribution in [1.82, 2.24) is 4.98 Å². The summed E-state index contributed by atoms with van der Waals surface area (Å²) in [5.41, 5.74) is -4.00. The zero-order valence-corrected chi connectivity index (χ0v) is 8.42. The van der Waals surface area contributed by atoms with Crippen molar-refractivity contribution in [1.29, 1.82) is 0 Å². The predicted octanol–water partition coefficient (Wildman–Crippen LogP) is 3.09. The number of nitrogens with one attached hydrogen (secondary N) is 1. The topological polar surface area (TPSA) is 32.9 Å². The molecule has 0 atom stereocenters. The summed E-state index contributed by atoms with van der Waals surface area (Å²) in [4.78, 5) is 12.3. The van der Waals surface area contributed by atoms with Gasteiger partial charge in [0.25, 0.3) is 12.0 Å². The first kappa shape index (κ1) is 12.2. The molecule has 8 heteroatoms. The number of hydrogen-bond acceptors (Lipinski definition) is 1. The summed E-state index contributed by atoms with van der Waals surface area (Å²) in [5, 5.41) is 0. The second-order valence-electron chi connectivity index (χ2n) is 2.57. The van der Waals surface area contributed by atoms with Crippen LogP contribution in [0.2, 0.25) is 0 Å². The lowest BCUT2D eigenvalue weighted by atomic mass is 10.2. The molecule has 0 spiro atoms. The Hall–Kier alpha value is -0.920. The molecule has 0 aliphatic heterocycles. The number of rotatable bonds is 1. The highest BCUT2D eigenvalue weighted by Gasteiger charge is 2.36. The van der Waals surface area contributed by atoms with E-state index in [9.17, 15) is 26.7 Å². The van der Waals surface area contributed by atoms with Crippen molar-refractivity contribution in [3.63, 3.8) is 0 Å². The Balaban J connectivity index is 3.49. The van der Waals surface area contributed by atoms with Gasteiger partial charge in [0.05, 0.1) is 15.7 Å². The second-order valence-corrected chi connectivity index (χ2v) is 3.43. The van der Waals surface area contributed by atoms with E-state index in [4.69, 9.17) is 0 Å². The Morgan fingerprint density at radius 3 is 2.27 bits per heavy atom. The molecule has 84 valence electrons. The van der Waals surface area contributed by atoms with E-state index in [1.54, 1.807) is 0 Å². The summed E-state index contributed by atoms with van der Waals surface area (Å²) in [6, 6.07) is 0.334. The molecule has 0 aliphatic carbocycles. The van der Waals surface area contributed by atoms with Gasteiger partial charge < -0.3 is 4.98 Å². The summed E-state index contributed by atoms with van der Waals surface area (Å²) in [6.07, 6.45) is -8.32. The molecule has 1 aromatic heterocycles. The Morgan fingerprint density at radius 1 is 1.33 bits per heavy atom. The van der Waals surface area contributed by atoms with Gasteiger partial charge in [0.2, 0.25) is 0 Å². The molecule has 1 heterocycles. The van der Waals surface area contributed by atoms with Crippen molar-refractivity contribution < 1.29 is 22.0 Å². The Morgan fingerprint density at radius 2 is 1.87 bits per heavy atom. The van der Waals surface area contributed by atoms with Crippen molar-refractivity contribution in [2.24, 2.45) is 0 Å². The van der Waals surface area contributed by atoms with Gasteiger partial charge in [0, 0.05) is 0 Å². The summed E-state index contributed by atoms with van der Waals surface area (Å²) >= 11 is 2.53. The zero-order valence-electron chi connectivity index (χ0n) is 6.83. The monoisotopic (exact) mass is 291 g/mol. The number of aromatic amines is 1. The van der Waals surface area contributed by atoms with Gasteiger partial charge in [-0.25, -0.2) is 8.78 Å². The zero-order chi connectivity index (χ0) is 11.8. The fraction of sp³-hybridized carbons (Fsp3) is 0.286. The molecule has 0 radical (unpaired) electrons. The van der Waals surface area contributed by atoms with Crippen molar-refractivity contribution in [3.8, 4) is 0 Å². The fourth-order valence-electron chi connectivity index (χ4n) is 0.926. The molecular formula is C7H3BrF5NO. The normalized spacial score (nSPS) is 12.2. The molecule has 0 aromatic carbocycles. The number of pyridine rings is 1. The maximum atomic E-state index is 12.2. The van der Waals surface area contributed by atoms with Gasteiger partial charge in [-0.2, -0.15) is 13.2 Å². The van der Waals surface area contributed by atoms with Crippen molar-refractivity contribution in [2.75, 3.05) is 0 Å². The predicted molar refractivity (Wildman–Crippen MR) is 44.7 cm³/mol. The average molecular weight is 292 g/mol. The van der Waals surface area contributed by atoms with Crippen LogP contribution < -0.4 is 5.56 Å². The molecular weight excluding hydrogens is 289 g/mol. The van der Waals surface area contributed by atoms with E-state index in [0.717, 1.165) is 0 Å². The molecule has 0 saturated carbocycles. The molecule has 0 amide bonds. The first-order valence-electron chi connectivity index (χ1n) is 3.51. The molecule has 0 aliphatic rings. The van der Waals surface area contributed by atoms with E-state index in [-0.39, 0.29) is 0 Å². The fourth-order valence-corrected chi connectivity index (χ4v) is 1.25. The highest BCUT2D eigenvalue weighted by Crippen LogP contribution is 2.35. The first-order chi connectivity index (χ1) is 6.73. The lowest BCUT2D eigenvalue weighted by Crippen LogP contribution is -2.18. The summed E-state index contributed by atoms with van der Waals surface area (Å²) in [7, 11) is 0. The summed E-state index contributed by atoms with van der Waals surface area (Å²) in [6.45, 7) is 0. The van der Waals surface area contributed by atoms with E-state index in [0.29, 0.717) is 6.07 Å². The molecule has 15 heavy (non-hydrogen) atoms. The quantitative estimate of drug-likeness (QED) is 0.793. The lowest BCUT2D eigenvalue weighted by molar-refractivity contribution is -0.140. The minimum atomic E-state index is -4.93. The Kier molecular flexibility index (Phi) is 3.17. The maximum Gasteiger partial charge on any atom is 0.418 e. The van der Waals surface area contributed by atoms with Gasteiger partial charge >= 0.3 is 6.18 Å². The average Bonchev–Trinajstić information content (AvgIpc) is 2.06. The van der Waals surface area contributed by atoms with Crippen molar-refractivity contribution in [2.45, 2.75) is 12.6 Å². The minimum Gasteiger partial charge on any atom is -0.320 e. The summed E-state index contributed by atoms with van der Waals surface area (Å²) in [5.74, 6) is 0. The van der Waals surface area contributed by atoms with Crippen LogP contribution in [0.3, 0.4) is 0 Å². The van der Waals surface area contributed by atoms with E-state index in [2.05, 4.69) is 15.9 Å². The summed E-state index contributed by atoms with van der Waals surface area (Å²) < 4.78 is 60.7. The number of halogens is 6. The third-order valence-electron chi connectivity index (χ3n) is 1.55. The second kappa shape index (κ2) is 3.92. The molecule has 1 N–H and O–H groups in total. The van der Waals surface area contributed by atoms with Crippen LogP contribution in [-0.4, -0.2) is 4.98 Å². The van der Waals surface area contributed by atoms with Crippen LogP contribution >= 0.6 is 15.9 Å². The van der Waals surface area contributed by atoms with Crippen LogP contribution in [0.1, 0.15) is 17.7 Å². The maximum absolute atomic E-state index is 12.2. The van der Waals surface area contributed by atoms with E-state index < -0.39 is 33.9 Å². The highest BCUT2D eigenvalue weighted by molar-refractivity contribution is 9.10.